The lowest BCUT2D eigenvalue weighted by molar-refractivity contribution is 0.249. The van der Waals surface area contributed by atoms with Gasteiger partial charge < -0.3 is 11.1 Å². The van der Waals surface area contributed by atoms with E-state index in [4.69, 9.17) is 28.9 Å². The van der Waals surface area contributed by atoms with Crippen LogP contribution in [0.4, 0.5) is 4.79 Å². The first-order valence-corrected chi connectivity index (χ1v) is 4.82. The van der Waals surface area contributed by atoms with E-state index in [0.717, 1.165) is 5.56 Å². The molecule has 1 rings (SSSR count). The van der Waals surface area contributed by atoms with Crippen molar-refractivity contribution >= 4 is 29.2 Å². The van der Waals surface area contributed by atoms with E-state index >= 15 is 0 Å². The Hall–Kier alpha value is -0.930. The summed E-state index contributed by atoms with van der Waals surface area (Å²) in [4.78, 5) is 10.4. The largest absolute Gasteiger partial charge is 0.352 e. The van der Waals surface area contributed by atoms with Crippen molar-refractivity contribution in [2.24, 2.45) is 5.73 Å². The number of halogens is 2. The van der Waals surface area contributed by atoms with Gasteiger partial charge >= 0.3 is 6.03 Å². The molecule has 0 saturated heterocycles. The number of hydrogen-bond acceptors (Lipinski definition) is 1. The number of amides is 2. The van der Waals surface area contributed by atoms with Gasteiger partial charge in [-0.15, -0.1) is 0 Å². The number of nitrogens with one attached hydrogen (secondary N) is 1. The fourth-order valence-electron chi connectivity index (χ4n) is 1.03. The minimum absolute atomic E-state index is 0.493. The van der Waals surface area contributed by atoms with Crippen LogP contribution < -0.4 is 11.1 Å². The molecular weight excluding hydrogens is 223 g/mol. The second-order valence-electron chi connectivity index (χ2n) is 2.79. The smallest absolute Gasteiger partial charge is 0.312 e. The molecule has 3 nitrogen and oxygen atoms in total. The van der Waals surface area contributed by atoms with Gasteiger partial charge in [-0.05, 0) is 24.1 Å². The van der Waals surface area contributed by atoms with Crippen LogP contribution in [0.25, 0.3) is 0 Å². The van der Waals surface area contributed by atoms with Crippen molar-refractivity contribution in [3.63, 3.8) is 0 Å². The third-order valence-corrected chi connectivity index (χ3v) is 2.44. The summed E-state index contributed by atoms with van der Waals surface area (Å²) in [6.07, 6.45) is 0.680. The van der Waals surface area contributed by atoms with E-state index in [1.165, 1.54) is 0 Å². The quantitative estimate of drug-likeness (QED) is 0.826. The van der Waals surface area contributed by atoms with E-state index in [2.05, 4.69) is 5.32 Å². The van der Waals surface area contributed by atoms with Gasteiger partial charge in [-0.2, -0.15) is 0 Å². The molecule has 0 heterocycles. The Bertz CT molecular complexity index is 342. The van der Waals surface area contributed by atoms with E-state index in [1.807, 2.05) is 6.07 Å². The van der Waals surface area contributed by atoms with Crippen molar-refractivity contribution in [3.05, 3.63) is 33.8 Å². The van der Waals surface area contributed by atoms with E-state index in [1.54, 1.807) is 12.1 Å². The summed E-state index contributed by atoms with van der Waals surface area (Å²) in [5.74, 6) is 0. The molecule has 1 aromatic rings. The zero-order valence-electron chi connectivity index (χ0n) is 7.39. The van der Waals surface area contributed by atoms with Gasteiger partial charge in [0.1, 0.15) is 0 Å². The number of nitrogens with two attached hydrogens (primary N) is 1. The van der Waals surface area contributed by atoms with Crippen molar-refractivity contribution in [1.82, 2.24) is 5.32 Å². The number of primary amides is 1. The molecule has 0 aliphatic carbocycles. The fourth-order valence-corrected chi connectivity index (χ4v) is 1.35. The van der Waals surface area contributed by atoms with Crippen LogP contribution >= 0.6 is 23.2 Å². The monoisotopic (exact) mass is 232 g/mol. The standard InChI is InChI=1S/C9H10Cl2N2O/c10-7-2-1-6(5-8(7)11)3-4-13-9(12)14/h1-2,5H,3-4H2,(H3,12,13,14). The zero-order valence-corrected chi connectivity index (χ0v) is 8.90. The minimum Gasteiger partial charge on any atom is -0.352 e. The molecule has 1 aromatic carbocycles. The van der Waals surface area contributed by atoms with Gasteiger partial charge in [-0.25, -0.2) is 4.79 Å². The highest BCUT2D eigenvalue weighted by molar-refractivity contribution is 6.42. The summed E-state index contributed by atoms with van der Waals surface area (Å²) < 4.78 is 0. The Kier molecular flexibility index (Phi) is 4.04. The molecule has 0 bridgehead atoms. The molecule has 0 aromatic heterocycles. The molecular formula is C9H10Cl2N2O. The van der Waals surface area contributed by atoms with Crippen LogP contribution in [0.5, 0.6) is 0 Å². The second-order valence-corrected chi connectivity index (χ2v) is 3.60. The normalized spacial score (nSPS) is 9.86. The molecule has 0 unspecified atom stereocenters. The molecule has 14 heavy (non-hydrogen) atoms. The van der Waals surface area contributed by atoms with Gasteiger partial charge in [0.25, 0.3) is 0 Å². The predicted octanol–water partition coefficient (Wildman–Crippen LogP) is 2.20. The van der Waals surface area contributed by atoms with E-state index in [-0.39, 0.29) is 0 Å². The molecule has 0 aliphatic heterocycles. The third-order valence-electron chi connectivity index (χ3n) is 1.70. The number of rotatable bonds is 3. The highest BCUT2D eigenvalue weighted by atomic mass is 35.5. The first kappa shape index (κ1) is 11.1. The molecule has 0 spiro atoms. The summed E-state index contributed by atoms with van der Waals surface area (Å²) in [6.45, 7) is 0.493. The van der Waals surface area contributed by atoms with Gasteiger partial charge in [-0.3, -0.25) is 0 Å². The van der Waals surface area contributed by atoms with Crippen LogP contribution in [-0.4, -0.2) is 12.6 Å². The maximum absolute atomic E-state index is 10.4. The Labute approximate surface area is 92.2 Å². The number of benzene rings is 1. The summed E-state index contributed by atoms with van der Waals surface area (Å²) in [5.41, 5.74) is 5.92. The molecule has 3 N–H and O–H groups in total. The summed E-state index contributed by atoms with van der Waals surface area (Å²) >= 11 is 11.6. The van der Waals surface area contributed by atoms with Crippen LogP contribution in [0.1, 0.15) is 5.56 Å². The highest BCUT2D eigenvalue weighted by Crippen LogP contribution is 2.22. The van der Waals surface area contributed by atoms with Gasteiger partial charge in [0, 0.05) is 6.54 Å². The van der Waals surface area contributed by atoms with E-state index in [9.17, 15) is 4.79 Å². The van der Waals surface area contributed by atoms with Crippen molar-refractivity contribution in [3.8, 4) is 0 Å². The molecule has 0 fully saturated rings. The number of carbonyl (C=O) groups excluding carboxylic acids is 1. The number of urea groups is 1. The van der Waals surface area contributed by atoms with Crippen LogP contribution in [0.15, 0.2) is 18.2 Å². The van der Waals surface area contributed by atoms with E-state index < -0.39 is 6.03 Å². The van der Waals surface area contributed by atoms with Crippen molar-refractivity contribution in [2.45, 2.75) is 6.42 Å². The van der Waals surface area contributed by atoms with Crippen LogP contribution in [-0.2, 0) is 6.42 Å². The maximum atomic E-state index is 10.4. The first-order valence-electron chi connectivity index (χ1n) is 4.07. The fraction of sp³-hybridized carbons (Fsp3) is 0.222. The average Bonchev–Trinajstić information content (AvgIpc) is 2.10. The Morgan fingerprint density at radius 3 is 2.64 bits per heavy atom. The summed E-state index contributed by atoms with van der Waals surface area (Å²) in [6, 6.07) is 4.83. The first-order chi connectivity index (χ1) is 6.59. The summed E-state index contributed by atoms with van der Waals surface area (Å²) in [5, 5.41) is 3.53. The third kappa shape index (κ3) is 3.44. The number of hydrogen-bond donors (Lipinski definition) is 2. The van der Waals surface area contributed by atoms with Crippen LogP contribution in [0.2, 0.25) is 10.0 Å². The van der Waals surface area contributed by atoms with Gasteiger partial charge in [0.2, 0.25) is 0 Å². The zero-order chi connectivity index (χ0) is 10.6. The van der Waals surface area contributed by atoms with Gasteiger partial charge in [-0.1, -0.05) is 29.3 Å². The SMILES string of the molecule is NC(=O)NCCc1ccc(Cl)c(Cl)c1. The van der Waals surface area contributed by atoms with Gasteiger partial charge in [0.15, 0.2) is 0 Å². The van der Waals surface area contributed by atoms with Crippen molar-refractivity contribution in [1.29, 1.82) is 0 Å². The van der Waals surface area contributed by atoms with Crippen molar-refractivity contribution < 1.29 is 4.79 Å². The van der Waals surface area contributed by atoms with Crippen LogP contribution in [0, 0.1) is 0 Å². The summed E-state index contributed by atoms with van der Waals surface area (Å²) in [7, 11) is 0. The molecule has 0 aliphatic rings. The molecule has 0 saturated carbocycles. The maximum Gasteiger partial charge on any atom is 0.312 e. The Balaban J connectivity index is 2.51. The lowest BCUT2D eigenvalue weighted by Crippen LogP contribution is -2.30. The Morgan fingerprint density at radius 1 is 1.36 bits per heavy atom. The highest BCUT2D eigenvalue weighted by Gasteiger charge is 1.99. The lowest BCUT2D eigenvalue weighted by atomic mass is 10.1. The lowest BCUT2D eigenvalue weighted by Gasteiger charge is -2.03. The molecule has 0 atom stereocenters. The Morgan fingerprint density at radius 2 is 2.07 bits per heavy atom. The molecule has 76 valence electrons. The molecule has 5 heteroatoms. The van der Waals surface area contributed by atoms with Crippen molar-refractivity contribution in [2.75, 3.05) is 6.54 Å². The minimum atomic E-state index is -0.523. The molecule has 2 amide bonds. The average molecular weight is 233 g/mol. The van der Waals surface area contributed by atoms with Crippen LogP contribution in [0.3, 0.4) is 0 Å². The predicted molar refractivity (Wildman–Crippen MR) is 57.8 cm³/mol. The van der Waals surface area contributed by atoms with Gasteiger partial charge in [0.05, 0.1) is 10.0 Å². The topological polar surface area (TPSA) is 55.1 Å². The van der Waals surface area contributed by atoms with E-state index in [0.29, 0.717) is 23.0 Å². The second kappa shape index (κ2) is 5.08. The molecule has 0 radical (unpaired) electrons. The number of carbonyl (C=O) groups is 1.